The van der Waals surface area contributed by atoms with Crippen molar-refractivity contribution >= 4 is 22.1 Å². The predicted octanol–water partition coefficient (Wildman–Crippen LogP) is 3.63. The van der Waals surface area contributed by atoms with E-state index in [-0.39, 0.29) is 10.9 Å². The molecule has 1 aromatic carbocycles. The molecule has 26 heavy (non-hydrogen) atoms. The highest BCUT2D eigenvalue weighted by molar-refractivity contribution is 7.89. The first-order valence-corrected chi connectivity index (χ1v) is 10.5. The SMILES string of the molecule is CCN(CC)S(=O)(=O)c1ccc(/C=C/C(=O)OCC2CC=CCC2)cc1. The van der Waals surface area contributed by atoms with Crippen molar-refractivity contribution in [3.05, 3.63) is 48.1 Å². The molecule has 6 heteroatoms. The Morgan fingerprint density at radius 3 is 2.46 bits per heavy atom. The zero-order valence-electron chi connectivity index (χ0n) is 15.4. The lowest BCUT2D eigenvalue weighted by Crippen LogP contribution is -2.30. The molecule has 0 heterocycles. The molecule has 1 unspecified atom stereocenters. The first-order chi connectivity index (χ1) is 12.5. The summed E-state index contributed by atoms with van der Waals surface area (Å²) in [5.74, 6) is 0.0290. The minimum atomic E-state index is -3.46. The number of hydrogen-bond acceptors (Lipinski definition) is 4. The summed E-state index contributed by atoms with van der Waals surface area (Å²) in [6.07, 6.45) is 10.4. The van der Waals surface area contributed by atoms with E-state index >= 15 is 0 Å². The van der Waals surface area contributed by atoms with Gasteiger partial charge in [-0.25, -0.2) is 13.2 Å². The summed E-state index contributed by atoms with van der Waals surface area (Å²) in [5, 5.41) is 0. The van der Waals surface area contributed by atoms with E-state index in [0.29, 0.717) is 25.6 Å². The smallest absolute Gasteiger partial charge is 0.330 e. The van der Waals surface area contributed by atoms with Gasteiger partial charge in [0.05, 0.1) is 11.5 Å². The summed E-state index contributed by atoms with van der Waals surface area (Å²) < 4.78 is 31.6. The quantitative estimate of drug-likeness (QED) is 0.394. The number of benzene rings is 1. The molecule has 1 aliphatic rings. The number of hydrogen-bond donors (Lipinski definition) is 0. The highest BCUT2D eigenvalue weighted by atomic mass is 32.2. The van der Waals surface area contributed by atoms with Crippen LogP contribution in [0.2, 0.25) is 0 Å². The van der Waals surface area contributed by atoms with Crippen LogP contribution in [0.25, 0.3) is 6.08 Å². The minimum absolute atomic E-state index is 0.256. The highest BCUT2D eigenvalue weighted by Crippen LogP contribution is 2.19. The summed E-state index contributed by atoms with van der Waals surface area (Å²) >= 11 is 0. The molecule has 2 rings (SSSR count). The Balaban J connectivity index is 1.92. The van der Waals surface area contributed by atoms with E-state index in [1.54, 1.807) is 30.3 Å². The van der Waals surface area contributed by atoms with Gasteiger partial charge in [-0.3, -0.25) is 0 Å². The van der Waals surface area contributed by atoms with E-state index in [0.717, 1.165) is 24.8 Å². The average molecular weight is 378 g/mol. The third-order valence-electron chi connectivity index (χ3n) is 4.47. The van der Waals surface area contributed by atoms with Crippen molar-refractivity contribution in [1.29, 1.82) is 0 Å². The van der Waals surface area contributed by atoms with Gasteiger partial charge in [-0.1, -0.05) is 38.1 Å². The third kappa shape index (κ3) is 5.54. The Morgan fingerprint density at radius 2 is 1.88 bits per heavy atom. The van der Waals surface area contributed by atoms with Gasteiger partial charge in [0.25, 0.3) is 0 Å². The molecule has 5 nitrogen and oxygen atoms in total. The molecule has 1 atom stereocenters. The van der Waals surface area contributed by atoms with Crippen molar-refractivity contribution in [3.63, 3.8) is 0 Å². The van der Waals surface area contributed by atoms with Crippen molar-refractivity contribution in [2.45, 2.75) is 38.0 Å². The molecule has 0 aromatic heterocycles. The van der Waals surface area contributed by atoms with E-state index < -0.39 is 10.0 Å². The summed E-state index contributed by atoms with van der Waals surface area (Å²) in [4.78, 5) is 12.1. The zero-order valence-corrected chi connectivity index (χ0v) is 16.2. The number of carbonyl (C=O) groups is 1. The largest absolute Gasteiger partial charge is 0.462 e. The summed E-state index contributed by atoms with van der Waals surface area (Å²) in [6.45, 7) is 4.93. The maximum atomic E-state index is 12.4. The van der Waals surface area contributed by atoms with E-state index in [9.17, 15) is 13.2 Å². The molecule has 0 fully saturated rings. The highest BCUT2D eigenvalue weighted by Gasteiger charge is 2.20. The molecule has 0 saturated carbocycles. The summed E-state index contributed by atoms with van der Waals surface area (Å²) in [6, 6.07) is 6.50. The van der Waals surface area contributed by atoms with Crippen molar-refractivity contribution in [2.24, 2.45) is 5.92 Å². The minimum Gasteiger partial charge on any atom is -0.462 e. The second-order valence-corrected chi connectivity index (χ2v) is 8.21. The van der Waals surface area contributed by atoms with Crippen LogP contribution in [0.15, 0.2) is 47.4 Å². The maximum Gasteiger partial charge on any atom is 0.330 e. The van der Waals surface area contributed by atoms with Crippen LogP contribution < -0.4 is 0 Å². The van der Waals surface area contributed by atoms with Crippen LogP contribution in [0.5, 0.6) is 0 Å². The monoisotopic (exact) mass is 377 g/mol. The van der Waals surface area contributed by atoms with Crippen LogP contribution in [0, 0.1) is 5.92 Å². The van der Waals surface area contributed by atoms with Gasteiger partial charge < -0.3 is 4.74 Å². The topological polar surface area (TPSA) is 63.7 Å². The normalized spacial score (nSPS) is 17.7. The Bertz CT molecular complexity index is 747. The number of allylic oxidation sites excluding steroid dienone is 2. The fourth-order valence-corrected chi connectivity index (χ4v) is 4.34. The molecule has 1 aromatic rings. The molecular weight excluding hydrogens is 350 g/mol. The van der Waals surface area contributed by atoms with E-state index in [1.165, 1.54) is 10.4 Å². The molecule has 0 spiro atoms. The number of rotatable bonds is 8. The van der Waals surface area contributed by atoms with Gasteiger partial charge >= 0.3 is 5.97 Å². The van der Waals surface area contributed by atoms with E-state index in [4.69, 9.17) is 4.74 Å². The van der Waals surface area contributed by atoms with Crippen molar-refractivity contribution in [3.8, 4) is 0 Å². The van der Waals surface area contributed by atoms with Gasteiger partial charge in [0.1, 0.15) is 0 Å². The van der Waals surface area contributed by atoms with Crippen molar-refractivity contribution in [2.75, 3.05) is 19.7 Å². The van der Waals surface area contributed by atoms with Gasteiger partial charge in [0.15, 0.2) is 0 Å². The molecule has 0 amide bonds. The molecule has 0 bridgehead atoms. The van der Waals surface area contributed by atoms with Crippen LogP contribution >= 0.6 is 0 Å². The van der Waals surface area contributed by atoms with Crippen LogP contribution in [0.4, 0.5) is 0 Å². The first-order valence-electron chi connectivity index (χ1n) is 9.07. The third-order valence-corrected chi connectivity index (χ3v) is 6.54. The number of nitrogens with zero attached hydrogens (tertiary/aromatic N) is 1. The maximum absolute atomic E-state index is 12.4. The first kappa shape index (κ1) is 20.4. The standard InChI is InChI=1S/C20H27NO4S/c1-3-21(4-2)26(23,24)19-13-10-17(11-14-19)12-15-20(22)25-16-18-8-6-5-7-9-18/h5-6,10-15,18H,3-4,7-9,16H2,1-2H3/b15-12+. The van der Waals surface area contributed by atoms with Gasteiger partial charge in [0, 0.05) is 19.2 Å². The van der Waals surface area contributed by atoms with Gasteiger partial charge in [-0.05, 0) is 49.0 Å². The fourth-order valence-electron chi connectivity index (χ4n) is 2.88. The summed E-state index contributed by atoms with van der Waals surface area (Å²) in [5.41, 5.74) is 0.751. The molecule has 0 N–H and O–H groups in total. The fraction of sp³-hybridized carbons (Fsp3) is 0.450. The Kier molecular flexibility index (Phi) is 7.60. The number of ether oxygens (including phenoxy) is 1. The Hall–Kier alpha value is -1.92. The lowest BCUT2D eigenvalue weighted by atomic mass is 9.95. The van der Waals surface area contributed by atoms with Crippen LogP contribution in [0.1, 0.15) is 38.7 Å². The Morgan fingerprint density at radius 1 is 1.19 bits per heavy atom. The number of carbonyl (C=O) groups excluding carboxylic acids is 1. The molecule has 0 radical (unpaired) electrons. The van der Waals surface area contributed by atoms with Gasteiger partial charge in [-0.15, -0.1) is 0 Å². The van der Waals surface area contributed by atoms with Gasteiger partial charge in [0.2, 0.25) is 10.0 Å². The summed E-state index contributed by atoms with van der Waals surface area (Å²) in [7, 11) is -3.46. The zero-order chi connectivity index (χ0) is 19.0. The molecule has 0 aliphatic heterocycles. The van der Waals surface area contributed by atoms with E-state index in [2.05, 4.69) is 12.2 Å². The lowest BCUT2D eigenvalue weighted by Gasteiger charge is -2.18. The van der Waals surface area contributed by atoms with Crippen molar-refractivity contribution < 1.29 is 17.9 Å². The molecule has 142 valence electrons. The number of sulfonamides is 1. The van der Waals surface area contributed by atoms with Crippen LogP contribution in [-0.4, -0.2) is 38.4 Å². The molecular formula is C20H27NO4S. The average Bonchev–Trinajstić information content (AvgIpc) is 2.66. The molecule has 1 aliphatic carbocycles. The van der Waals surface area contributed by atoms with E-state index in [1.807, 2.05) is 13.8 Å². The molecule has 0 saturated heterocycles. The number of esters is 1. The predicted molar refractivity (Wildman–Crippen MR) is 103 cm³/mol. The van der Waals surface area contributed by atoms with Crippen LogP contribution in [-0.2, 0) is 19.6 Å². The van der Waals surface area contributed by atoms with Crippen molar-refractivity contribution in [1.82, 2.24) is 4.31 Å². The van der Waals surface area contributed by atoms with Gasteiger partial charge in [-0.2, -0.15) is 4.31 Å². The Labute approximate surface area is 156 Å². The lowest BCUT2D eigenvalue weighted by molar-refractivity contribution is -0.139. The second-order valence-electron chi connectivity index (χ2n) is 6.27. The second kappa shape index (κ2) is 9.69. The van der Waals surface area contributed by atoms with Crippen LogP contribution in [0.3, 0.4) is 0 Å².